The summed E-state index contributed by atoms with van der Waals surface area (Å²) in [5.74, 6) is 1.56. The summed E-state index contributed by atoms with van der Waals surface area (Å²) < 4.78 is 17.5. The number of fused-ring (bicyclic) bond motifs is 3. The zero-order valence-electron chi connectivity index (χ0n) is 17.9. The van der Waals surface area contributed by atoms with Crippen LogP contribution in [0.3, 0.4) is 0 Å². The van der Waals surface area contributed by atoms with Crippen molar-refractivity contribution in [1.82, 2.24) is 5.01 Å². The molecule has 2 atom stereocenters. The lowest BCUT2D eigenvalue weighted by molar-refractivity contribution is -0.0190. The third kappa shape index (κ3) is 3.72. The fraction of sp³-hybridized carbons (Fsp3) is 0.111. The molecule has 0 amide bonds. The highest BCUT2D eigenvalue weighted by Gasteiger charge is 2.41. The van der Waals surface area contributed by atoms with Crippen molar-refractivity contribution in [2.45, 2.75) is 18.7 Å². The Morgan fingerprint density at radius 1 is 1.00 bits per heavy atom. The Bertz CT molecular complexity index is 1370. The molecule has 0 unspecified atom stereocenters. The second-order valence-electron chi connectivity index (χ2n) is 8.10. The molecule has 0 aliphatic carbocycles. The Labute approximate surface area is 201 Å². The van der Waals surface area contributed by atoms with Gasteiger partial charge in [-0.05, 0) is 66.7 Å². The summed E-state index contributed by atoms with van der Waals surface area (Å²) in [6.45, 7) is 0. The number of carbonyl (C=O) groups is 1. The molecule has 6 rings (SSSR count). The highest BCUT2D eigenvalue weighted by Crippen LogP contribution is 2.48. The lowest BCUT2D eigenvalue weighted by Crippen LogP contribution is -2.33. The third-order valence-electron chi connectivity index (χ3n) is 5.94. The van der Waals surface area contributed by atoms with Gasteiger partial charge >= 0.3 is 5.97 Å². The van der Waals surface area contributed by atoms with Crippen molar-refractivity contribution >= 4 is 23.3 Å². The van der Waals surface area contributed by atoms with E-state index < -0.39 is 12.2 Å². The van der Waals surface area contributed by atoms with E-state index in [-0.39, 0.29) is 6.04 Å². The number of halogens is 1. The molecule has 4 aromatic rings. The van der Waals surface area contributed by atoms with Crippen LogP contribution in [0.1, 0.15) is 45.9 Å². The molecule has 0 bridgehead atoms. The van der Waals surface area contributed by atoms with Crippen LogP contribution in [0.15, 0.2) is 101 Å². The van der Waals surface area contributed by atoms with Crippen LogP contribution in [0.25, 0.3) is 0 Å². The molecule has 0 spiro atoms. The molecule has 2 aliphatic heterocycles. The SMILES string of the molecule is O=C(Oc1ccc([C@@H]2Oc3ccc(Cl)cc3[C@@H]3CC(c4ccco4)=NN32)cc1)c1ccccc1. The topological polar surface area (TPSA) is 64.3 Å². The van der Waals surface area contributed by atoms with Gasteiger partial charge in [0.1, 0.15) is 23.0 Å². The lowest BCUT2D eigenvalue weighted by atomic mass is 9.97. The number of furan rings is 1. The minimum atomic E-state index is -0.454. The maximum atomic E-state index is 12.4. The van der Waals surface area contributed by atoms with Crippen molar-refractivity contribution in [3.8, 4) is 11.5 Å². The van der Waals surface area contributed by atoms with Crippen molar-refractivity contribution < 1.29 is 18.7 Å². The van der Waals surface area contributed by atoms with Crippen LogP contribution in [0, 0.1) is 0 Å². The number of esters is 1. The van der Waals surface area contributed by atoms with Crippen LogP contribution < -0.4 is 9.47 Å². The maximum absolute atomic E-state index is 12.4. The molecule has 1 aromatic heterocycles. The van der Waals surface area contributed by atoms with E-state index >= 15 is 0 Å². The molecule has 34 heavy (non-hydrogen) atoms. The Morgan fingerprint density at radius 3 is 2.59 bits per heavy atom. The third-order valence-corrected chi connectivity index (χ3v) is 6.18. The van der Waals surface area contributed by atoms with E-state index in [2.05, 4.69) is 0 Å². The number of benzene rings is 3. The fourth-order valence-corrected chi connectivity index (χ4v) is 4.49. The van der Waals surface area contributed by atoms with Gasteiger partial charge in [-0.2, -0.15) is 5.10 Å². The lowest BCUT2D eigenvalue weighted by Gasteiger charge is -2.38. The molecule has 168 valence electrons. The highest BCUT2D eigenvalue weighted by molar-refractivity contribution is 6.30. The van der Waals surface area contributed by atoms with Crippen molar-refractivity contribution in [2.75, 3.05) is 0 Å². The smallest absolute Gasteiger partial charge is 0.343 e. The number of hydrazone groups is 1. The molecule has 3 heterocycles. The van der Waals surface area contributed by atoms with Crippen molar-refractivity contribution in [3.63, 3.8) is 0 Å². The first-order valence-corrected chi connectivity index (χ1v) is 11.3. The minimum Gasteiger partial charge on any atom is -0.464 e. The fourth-order valence-electron chi connectivity index (χ4n) is 4.31. The molecule has 0 N–H and O–H groups in total. The summed E-state index contributed by atoms with van der Waals surface area (Å²) in [5, 5.41) is 7.45. The first-order chi connectivity index (χ1) is 16.7. The summed E-state index contributed by atoms with van der Waals surface area (Å²) in [6.07, 6.45) is 1.86. The largest absolute Gasteiger partial charge is 0.464 e. The Hall–Kier alpha value is -4.03. The van der Waals surface area contributed by atoms with Crippen LogP contribution in [0.2, 0.25) is 5.02 Å². The number of ether oxygens (including phenoxy) is 2. The van der Waals surface area contributed by atoms with Gasteiger partial charge in [-0.15, -0.1) is 0 Å². The molecular formula is C27H19ClN2O4. The van der Waals surface area contributed by atoms with Crippen molar-refractivity contribution in [2.24, 2.45) is 5.10 Å². The van der Waals surface area contributed by atoms with E-state index in [1.807, 2.05) is 53.5 Å². The molecule has 2 aliphatic rings. The predicted octanol–water partition coefficient (Wildman–Crippen LogP) is 6.39. The monoisotopic (exact) mass is 470 g/mol. The van der Waals surface area contributed by atoms with Crippen LogP contribution >= 0.6 is 11.6 Å². The van der Waals surface area contributed by atoms with Gasteiger partial charge in [0.2, 0.25) is 6.23 Å². The number of rotatable bonds is 4. The minimum absolute atomic E-state index is 0.0388. The van der Waals surface area contributed by atoms with Gasteiger partial charge in [0.05, 0.1) is 17.9 Å². The van der Waals surface area contributed by atoms with E-state index in [1.165, 1.54) is 0 Å². The second-order valence-corrected chi connectivity index (χ2v) is 8.54. The first kappa shape index (κ1) is 20.6. The van der Waals surface area contributed by atoms with Crippen molar-refractivity contribution in [1.29, 1.82) is 0 Å². The van der Waals surface area contributed by atoms with Crippen molar-refractivity contribution in [3.05, 3.63) is 119 Å². The van der Waals surface area contributed by atoms with E-state index in [1.54, 1.807) is 42.7 Å². The average Bonchev–Trinajstić information content (AvgIpc) is 3.55. The standard InChI is InChI=1S/C27H19ClN2O4/c28-19-10-13-24-21(15-19)23-16-22(25-7-4-14-32-25)29-30(23)26(34-24)17-8-11-20(12-9-17)33-27(31)18-5-2-1-3-6-18/h1-15,23,26H,16H2/t23-,26-/m0/s1. The normalized spacial score (nSPS) is 18.5. The first-order valence-electron chi connectivity index (χ1n) is 10.9. The van der Waals surface area contributed by atoms with E-state index in [9.17, 15) is 4.79 Å². The maximum Gasteiger partial charge on any atom is 0.343 e. The predicted molar refractivity (Wildman–Crippen MR) is 127 cm³/mol. The summed E-state index contributed by atoms with van der Waals surface area (Å²) in [6, 6.07) is 25.6. The molecule has 6 nitrogen and oxygen atoms in total. The zero-order chi connectivity index (χ0) is 23.1. The van der Waals surface area contributed by atoms with Crippen LogP contribution in [-0.2, 0) is 0 Å². The van der Waals surface area contributed by atoms with Gasteiger partial charge in [-0.25, -0.2) is 9.80 Å². The summed E-state index contributed by atoms with van der Waals surface area (Å²) >= 11 is 6.29. The van der Waals surface area contributed by atoms with E-state index in [0.717, 1.165) is 28.3 Å². The van der Waals surface area contributed by atoms with Gasteiger partial charge in [0.25, 0.3) is 0 Å². The van der Waals surface area contributed by atoms with Gasteiger partial charge in [0.15, 0.2) is 0 Å². The van der Waals surface area contributed by atoms with E-state index in [4.69, 9.17) is 30.6 Å². The Balaban J connectivity index is 1.30. The molecule has 3 aromatic carbocycles. The quantitative estimate of drug-likeness (QED) is 0.255. The molecule has 7 heteroatoms. The van der Waals surface area contributed by atoms with Crippen LogP contribution in [-0.4, -0.2) is 16.7 Å². The van der Waals surface area contributed by atoms with Crippen LogP contribution in [0.5, 0.6) is 11.5 Å². The number of carbonyl (C=O) groups excluding carboxylic acids is 1. The Kier molecular flexibility index (Phi) is 5.08. The molecule has 0 fully saturated rings. The summed E-state index contributed by atoms with van der Waals surface area (Å²) in [5.41, 5.74) is 3.22. The second kappa shape index (κ2) is 8.39. The van der Waals surface area contributed by atoms with Crippen LogP contribution in [0.4, 0.5) is 0 Å². The van der Waals surface area contributed by atoms with E-state index in [0.29, 0.717) is 22.8 Å². The summed E-state index contributed by atoms with van der Waals surface area (Å²) in [7, 11) is 0. The zero-order valence-corrected chi connectivity index (χ0v) is 18.7. The number of nitrogens with zero attached hydrogens (tertiary/aromatic N) is 2. The van der Waals surface area contributed by atoms with Gasteiger partial charge in [0, 0.05) is 22.6 Å². The molecule has 0 radical (unpaired) electrons. The number of hydrogen-bond donors (Lipinski definition) is 0. The van der Waals surface area contributed by atoms with Gasteiger partial charge in [-0.3, -0.25) is 0 Å². The average molecular weight is 471 g/mol. The number of hydrogen-bond acceptors (Lipinski definition) is 6. The van der Waals surface area contributed by atoms with Gasteiger partial charge < -0.3 is 13.9 Å². The molecular weight excluding hydrogens is 452 g/mol. The van der Waals surface area contributed by atoms with Gasteiger partial charge in [-0.1, -0.05) is 29.8 Å². The molecule has 0 saturated carbocycles. The summed E-state index contributed by atoms with van der Waals surface area (Å²) in [4.78, 5) is 12.4. The Morgan fingerprint density at radius 2 is 1.82 bits per heavy atom. The molecule has 0 saturated heterocycles. The highest BCUT2D eigenvalue weighted by atomic mass is 35.5.